The molecule has 2 atom stereocenters. The second-order valence-electron chi connectivity index (χ2n) is 5.66. The summed E-state index contributed by atoms with van der Waals surface area (Å²) < 4.78 is 30.9. The number of H-pyrrole nitrogens is 1. The van der Waals surface area contributed by atoms with Gasteiger partial charge in [0.1, 0.15) is 11.6 Å². The largest absolute Gasteiger partial charge is 0.467 e. The summed E-state index contributed by atoms with van der Waals surface area (Å²) in [6.45, 7) is 1.28. The zero-order chi connectivity index (χ0) is 20.2. The Labute approximate surface area is 151 Å². The highest BCUT2D eigenvalue weighted by Crippen LogP contribution is 2.18. The Morgan fingerprint density at radius 1 is 1.30 bits per heavy atom. The summed E-state index contributed by atoms with van der Waals surface area (Å²) in [7, 11) is 1.02. The fourth-order valence-corrected chi connectivity index (χ4v) is 2.40. The zero-order valence-electron chi connectivity index (χ0n) is 14.3. The molecule has 1 amide bonds. The van der Waals surface area contributed by atoms with Gasteiger partial charge in [0.2, 0.25) is 11.4 Å². The number of esters is 1. The highest BCUT2D eigenvalue weighted by molar-refractivity contribution is 6.11. The molecule has 0 aliphatic heterocycles. The third-order valence-corrected chi connectivity index (χ3v) is 3.67. The lowest BCUT2D eigenvalue weighted by molar-refractivity contribution is -0.153. The number of nitrogens with zero attached hydrogens (tertiary/aromatic N) is 3. The Balaban J connectivity index is 2.15. The van der Waals surface area contributed by atoms with Gasteiger partial charge in [0.15, 0.2) is 11.6 Å². The van der Waals surface area contributed by atoms with Crippen LogP contribution in [0.4, 0.5) is 8.78 Å². The number of halogens is 2. The summed E-state index contributed by atoms with van der Waals surface area (Å²) in [6, 6.07) is 1.37. The second-order valence-corrected chi connectivity index (χ2v) is 5.66. The molecule has 0 aliphatic carbocycles. The summed E-state index contributed by atoms with van der Waals surface area (Å²) in [5.41, 5.74) is 3.57. The van der Waals surface area contributed by atoms with Gasteiger partial charge in [-0.3, -0.25) is 9.59 Å². The Kier molecular flexibility index (Phi) is 5.90. The first-order valence-corrected chi connectivity index (χ1v) is 7.58. The molecule has 1 aromatic heterocycles. The van der Waals surface area contributed by atoms with Crippen molar-refractivity contribution < 1.29 is 27.9 Å². The van der Waals surface area contributed by atoms with Crippen LogP contribution in [0.25, 0.3) is 0 Å². The number of tetrazole rings is 1. The van der Waals surface area contributed by atoms with Crippen LogP contribution in [0.15, 0.2) is 18.2 Å². The van der Waals surface area contributed by atoms with Crippen molar-refractivity contribution in [2.75, 3.05) is 7.11 Å². The normalized spacial score (nSPS) is 14.1. The number of carbonyl (C=O) groups excluding carboxylic acids is 3. The van der Waals surface area contributed by atoms with Crippen LogP contribution < -0.4 is 11.1 Å². The molecule has 0 saturated heterocycles. The molecule has 12 heteroatoms. The lowest BCUT2D eigenvalue weighted by atomic mass is 9.90. The van der Waals surface area contributed by atoms with E-state index in [0.29, 0.717) is 6.07 Å². The number of ether oxygens (including phenoxy) is 1. The van der Waals surface area contributed by atoms with Gasteiger partial charge >= 0.3 is 5.97 Å². The van der Waals surface area contributed by atoms with Crippen LogP contribution in [-0.2, 0) is 31.1 Å². The zero-order valence-corrected chi connectivity index (χ0v) is 14.3. The molecule has 2 aromatic rings. The van der Waals surface area contributed by atoms with Gasteiger partial charge in [0, 0.05) is 6.07 Å². The van der Waals surface area contributed by atoms with Crippen molar-refractivity contribution in [1.29, 1.82) is 0 Å². The number of amides is 1. The maximum Gasteiger partial charge on any atom is 0.341 e. The van der Waals surface area contributed by atoms with Gasteiger partial charge < -0.3 is 15.8 Å². The molecule has 0 fully saturated rings. The van der Waals surface area contributed by atoms with Crippen LogP contribution in [0.2, 0.25) is 0 Å². The minimum atomic E-state index is -2.38. The number of methoxy groups -OCH3 is 1. The topological polar surface area (TPSA) is 153 Å². The van der Waals surface area contributed by atoms with Gasteiger partial charge in [-0.2, -0.15) is 0 Å². The SMILES string of the molecule is COC(=O)C(N)(C(=O)[C@H](C)NC(=O)Cc1cc(F)cc(F)c1)c1nnn[nH]1. The fourth-order valence-electron chi connectivity index (χ4n) is 2.40. The van der Waals surface area contributed by atoms with Gasteiger partial charge in [-0.05, 0) is 35.0 Å². The number of nitrogens with one attached hydrogen (secondary N) is 2. The van der Waals surface area contributed by atoms with E-state index >= 15 is 0 Å². The number of hydrogen-bond donors (Lipinski definition) is 3. The van der Waals surface area contributed by atoms with E-state index in [0.717, 1.165) is 19.2 Å². The van der Waals surface area contributed by atoms with Crippen molar-refractivity contribution >= 4 is 17.7 Å². The molecule has 0 saturated carbocycles. The maximum atomic E-state index is 13.2. The summed E-state index contributed by atoms with van der Waals surface area (Å²) in [5, 5.41) is 14.5. The first kappa shape index (κ1) is 20.0. The number of carbonyl (C=O) groups is 3. The molecule has 2 rings (SSSR count). The summed E-state index contributed by atoms with van der Waals surface area (Å²) >= 11 is 0. The molecular formula is C15H16F2N6O4. The van der Waals surface area contributed by atoms with Crippen LogP contribution in [0.3, 0.4) is 0 Å². The second kappa shape index (κ2) is 7.95. The highest BCUT2D eigenvalue weighted by Gasteiger charge is 2.50. The first-order chi connectivity index (χ1) is 12.7. The number of Topliss-reactive ketones (excluding diaryl/α,β-unsaturated/α-hetero) is 1. The van der Waals surface area contributed by atoms with Crippen LogP contribution >= 0.6 is 0 Å². The summed E-state index contributed by atoms with van der Waals surface area (Å²) in [5.74, 6) is -4.86. The lowest BCUT2D eigenvalue weighted by Gasteiger charge is -2.25. The van der Waals surface area contributed by atoms with Crippen molar-refractivity contribution in [3.05, 3.63) is 41.2 Å². The molecular weight excluding hydrogens is 366 g/mol. The van der Waals surface area contributed by atoms with Crippen molar-refractivity contribution in [2.45, 2.75) is 24.9 Å². The third kappa shape index (κ3) is 4.28. The molecule has 0 spiro atoms. The Morgan fingerprint density at radius 3 is 2.44 bits per heavy atom. The van der Waals surface area contributed by atoms with E-state index < -0.39 is 47.3 Å². The van der Waals surface area contributed by atoms with E-state index in [-0.39, 0.29) is 11.4 Å². The highest BCUT2D eigenvalue weighted by atomic mass is 19.1. The lowest BCUT2D eigenvalue weighted by Crippen LogP contribution is -2.59. The molecule has 0 aliphatic rings. The van der Waals surface area contributed by atoms with Crippen LogP contribution in [0.1, 0.15) is 18.3 Å². The van der Waals surface area contributed by atoms with Crippen LogP contribution in [0, 0.1) is 11.6 Å². The number of aromatic amines is 1. The molecule has 1 heterocycles. The summed E-state index contributed by atoms with van der Waals surface area (Å²) in [4.78, 5) is 36.8. The van der Waals surface area contributed by atoms with E-state index in [2.05, 4.69) is 30.7 Å². The summed E-state index contributed by atoms with van der Waals surface area (Å²) in [6.07, 6.45) is -0.397. The third-order valence-electron chi connectivity index (χ3n) is 3.67. The smallest absolute Gasteiger partial charge is 0.341 e. The fraction of sp³-hybridized carbons (Fsp3) is 0.333. The van der Waals surface area contributed by atoms with Crippen molar-refractivity contribution in [3.63, 3.8) is 0 Å². The molecule has 27 heavy (non-hydrogen) atoms. The molecule has 10 nitrogen and oxygen atoms in total. The van der Waals surface area contributed by atoms with Crippen molar-refractivity contribution in [3.8, 4) is 0 Å². The van der Waals surface area contributed by atoms with E-state index in [9.17, 15) is 23.2 Å². The van der Waals surface area contributed by atoms with Gasteiger partial charge in [-0.1, -0.05) is 0 Å². The van der Waals surface area contributed by atoms with E-state index in [1.54, 1.807) is 0 Å². The Morgan fingerprint density at radius 2 is 1.93 bits per heavy atom. The average Bonchev–Trinajstić information content (AvgIpc) is 3.13. The number of benzene rings is 1. The van der Waals surface area contributed by atoms with Crippen molar-refractivity contribution in [1.82, 2.24) is 25.9 Å². The number of nitrogens with two attached hydrogens (primary N) is 1. The average molecular weight is 382 g/mol. The maximum absolute atomic E-state index is 13.2. The quantitative estimate of drug-likeness (QED) is 0.412. The molecule has 4 N–H and O–H groups in total. The number of ketones is 1. The molecule has 1 unspecified atom stereocenters. The predicted octanol–water partition coefficient (Wildman–Crippen LogP) is -0.879. The standard InChI is InChI=1S/C15H16F2N6O4/c1-7(19-11(24)5-8-3-9(16)6-10(17)4-8)12(25)15(18,14(26)27-2)13-20-22-23-21-13/h3-4,6-7H,5,18H2,1-2H3,(H,19,24)(H,20,21,22,23)/t7-,15?/m0/s1. The minimum Gasteiger partial charge on any atom is -0.467 e. The van der Waals surface area contributed by atoms with Gasteiger partial charge in [-0.15, -0.1) is 5.10 Å². The van der Waals surface area contributed by atoms with E-state index in [4.69, 9.17) is 5.73 Å². The Hall–Kier alpha value is -3.28. The van der Waals surface area contributed by atoms with Crippen LogP contribution in [0.5, 0.6) is 0 Å². The van der Waals surface area contributed by atoms with Crippen LogP contribution in [-0.4, -0.2) is 51.4 Å². The van der Waals surface area contributed by atoms with Crippen molar-refractivity contribution in [2.24, 2.45) is 5.73 Å². The molecule has 0 radical (unpaired) electrons. The Bertz CT molecular complexity index is 840. The monoisotopic (exact) mass is 382 g/mol. The minimum absolute atomic E-state index is 0.0658. The molecule has 1 aromatic carbocycles. The van der Waals surface area contributed by atoms with Gasteiger partial charge in [0.05, 0.1) is 19.6 Å². The van der Waals surface area contributed by atoms with E-state index in [1.807, 2.05) is 0 Å². The number of hydrogen-bond acceptors (Lipinski definition) is 8. The predicted molar refractivity (Wildman–Crippen MR) is 84.7 cm³/mol. The molecule has 144 valence electrons. The van der Waals surface area contributed by atoms with Gasteiger partial charge in [-0.25, -0.2) is 18.7 Å². The van der Waals surface area contributed by atoms with Gasteiger partial charge in [0.25, 0.3) is 0 Å². The van der Waals surface area contributed by atoms with E-state index in [1.165, 1.54) is 6.92 Å². The number of aromatic nitrogens is 4. The number of rotatable bonds is 7. The molecule has 0 bridgehead atoms. The first-order valence-electron chi connectivity index (χ1n) is 7.58.